The summed E-state index contributed by atoms with van der Waals surface area (Å²) in [7, 11) is 0. The number of hydrogen-bond acceptors (Lipinski definition) is 2. The van der Waals surface area contributed by atoms with E-state index in [9.17, 15) is 5.11 Å². The van der Waals surface area contributed by atoms with Gasteiger partial charge >= 0.3 is 0 Å². The molecular weight excluding hydrogens is 210 g/mol. The first kappa shape index (κ1) is 13.4. The molecule has 1 aliphatic heterocycles. The van der Waals surface area contributed by atoms with Crippen molar-refractivity contribution < 1.29 is 5.11 Å². The summed E-state index contributed by atoms with van der Waals surface area (Å²) < 4.78 is 0. The van der Waals surface area contributed by atoms with Crippen molar-refractivity contribution in [2.45, 2.75) is 71.4 Å². The van der Waals surface area contributed by atoms with Gasteiger partial charge in [0.05, 0.1) is 6.10 Å². The van der Waals surface area contributed by atoms with Crippen molar-refractivity contribution in [3.05, 3.63) is 0 Å². The summed E-state index contributed by atoms with van der Waals surface area (Å²) in [5.41, 5.74) is 0.533. The van der Waals surface area contributed by atoms with Gasteiger partial charge in [0.2, 0.25) is 0 Å². The summed E-state index contributed by atoms with van der Waals surface area (Å²) >= 11 is 0. The van der Waals surface area contributed by atoms with Crippen molar-refractivity contribution in [1.29, 1.82) is 0 Å². The van der Waals surface area contributed by atoms with Crippen LogP contribution in [0.15, 0.2) is 0 Å². The molecule has 0 spiro atoms. The lowest BCUT2D eigenvalue weighted by atomic mass is 9.77. The highest BCUT2D eigenvalue weighted by Gasteiger charge is 2.35. The predicted molar refractivity (Wildman–Crippen MR) is 72.0 cm³/mol. The Kier molecular flexibility index (Phi) is 4.14. The fraction of sp³-hybridized carbons (Fsp3) is 1.00. The SMILES string of the molecule is CCC1CCC(O)CC1N1CCC(C)(C)CC1. The van der Waals surface area contributed by atoms with Crippen molar-refractivity contribution in [3.63, 3.8) is 0 Å². The predicted octanol–water partition coefficient (Wildman–Crippen LogP) is 3.05. The summed E-state index contributed by atoms with van der Waals surface area (Å²) in [6.45, 7) is 9.56. The number of piperidine rings is 1. The molecule has 0 aromatic carbocycles. The van der Waals surface area contributed by atoms with E-state index in [1.54, 1.807) is 0 Å². The normalized spacial score (nSPS) is 39.2. The van der Waals surface area contributed by atoms with Crippen molar-refractivity contribution >= 4 is 0 Å². The summed E-state index contributed by atoms with van der Waals surface area (Å²) in [6, 6.07) is 0.653. The molecule has 1 N–H and O–H groups in total. The van der Waals surface area contributed by atoms with E-state index in [0.29, 0.717) is 11.5 Å². The standard InChI is InChI=1S/C15H29NO/c1-4-12-5-6-13(17)11-14(12)16-9-7-15(2,3)8-10-16/h12-14,17H,4-11H2,1-3H3. The molecule has 3 unspecified atom stereocenters. The smallest absolute Gasteiger partial charge is 0.0555 e. The first-order chi connectivity index (χ1) is 8.02. The fourth-order valence-electron chi connectivity index (χ4n) is 3.57. The van der Waals surface area contributed by atoms with Gasteiger partial charge in [-0.1, -0.05) is 27.2 Å². The third kappa shape index (κ3) is 3.23. The molecule has 2 heteroatoms. The lowest BCUT2D eigenvalue weighted by Crippen LogP contribution is -2.49. The molecule has 2 nitrogen and oxygen atoms in total. The zero-order chi connectivity index (χ0) is 12.5. The van der Waals surface area contributed by atoms with Crippen molar-refractivity contribution in [2.24, 2.45) is 11.3 Å². The van der Waals surface area contributed by atoms with Crippen LogP contribution in [0.4, 0.5) is 0 Å². The van der Waals surface area contributed by atoms with Crippen LogP contribution >= 0.6 is 0 Å². The van der Waals surface area contributed by atoms with E-state index in [1.165, 1.54) is 38.8 Å². The Bertz CT molecular complexity index is 241. The molecule has 0 amide bonds. The van der Waals surface area contributed by atoms with Crippen LogP contribution in [0.2, 0.25) is 0 Å². The third-order valence-corrected chi connectivity index (χ3v) is 5.07. The number of likely N-dealkylation sites (tertiary alicyclic amines) is 1. The van der Waals surface area contributed by atoms with E-state index < -0.39 is 0 Å². The number of aliphatic hydroxyl groups excluding tert-OH is 1. The van der Waals surface area contributed by atoms with Gasteiger partial charge in [-0.3, -0.25) is 4.90 Å². The van der Waals surface area contributed by atoms with Gasteiger partial charge in [0.15, 0.2) is 0 Å². The minimum atomic E-state index is -0.0438. The number of aliphatic hydroxyl groups is 1. The Hall–Kier alpha value is -0.0800. The number of nitrogens with zero attached hydrogens (tertiary/aromatic N) is 1. The van der Waals surface area contributed by atoms with Gasteiger partial charge < -0.3 is 5.11 Å². The van der Waals surface area contributed by atoms with Gasteiger partial charge in [0, 0.05) is 6.04 Å². The van der Waals surface area contributed by atoms with E-state index in [2.05, 4.69) is 25.7 Å². The zero-order valence-electron chi connectivity index (χ0n) is 11.8. The summed E-state index contributed by atoms with van der Waals surface area (Å²) in [6.07, 6.45) is 7.12. The van der Waals surface area contributed by atoms with Crippen LogP contribution in [0, 0.1) is 11.3 Å². The Morgan fingerprint density at radius 1 is 1.18 bits per heavy atom. The highest BCUT2D eigenvalue weighted by molar-refractivity contribution is 4.89. The summed E-state index contributed by atoms with van der Waals surface area (Å²) in [5, 5.41) is 9.90. The van der Waals surface area contributed by atoms with Gasteiger partial charge in [-0.25, -0.2) is 0 Å². The van der Waals surface area contributed by atoms with E-state index in [4.69, 9.17) is 0 Å². The Labute approximate surface area is 106 Å². The first-order valence-corrected chi connectivity index (χ1v) is 7.44. The molecule has 100 valence electrons. The summed E-state index contributed by atoms with van der Waals surface area (Å²) in [4.78, 5) is 2.67. The third-order valence-electron chi connectivity index (χ3n) is 5.07. The minimum Gasteiger partial charge on any atom is -0.393 e. The van der Waals surface area contributed by atoms with Crippen LogP contribution in [0.25, 0.3) is 0 Å². The Morgan fingerprint density at radius 3 is 2.41 bits per heavy atom. The summed E-state index contributed by atoms with van der Waals surface area (Å²) in [5.74, 6) is 0.819. The highest BCUT2D eigenvalue weighted by atomic mass is 16.3. The van der Waals surface area contributed by atoms with E-state index >= 15 is 0 Å². The fourth-order valence-corrected chi connectivity index (χ4v) is 3.57. The molecule has 2 fully saturated rings. The van der Waals surface area contributed by atoms with Gasteiger partial charge in [-0.05, 0) is 56.5 Å². The average molecular weight is 239 g/mol. The molecule has 0 aromatic heterocycles. The minimum absolute atomic E-state index is 0.0438. The molecule has 1 heterocycles. The van der Waals surface area contributed by atoms with Crippen LogP contribution in [0.5, 0.6) is 0 Å². The molecule has 1 saturated heterocycles. The van der Waals surface area contributed by atoms with Crippen LogP contribution in [-0.4, -0.2) is 35.2 Å². The highest BCUT2D eigenvalue weighted by Crippen LogP contribution is 2.36. The first-order valence-electron chi connectivity index (χ1n) is 7.44. The second-order valence-electron chi connectivity index (χ2n) is 6.90. The molecule has 3 atom stereocenters. The number of rotatable bonds is 2. The van der Waals surface area contributed by atoms with Gasteiger partial charge in [-0.2, -0.15) is 0 Å². The van der Waals surface area contributed by atoms with Crippen LogP contribution in [0.1, 0.15) is 59.3 Å². The molecule has 0 bridgehead atoms. The maximum Gasteiger partial charge on any atom is 0.0555 e. The molecule has 2 aliphatic rings. The monoisotopic (exact) mass is 239 g/mol. The largest absolute Gasteiger partial charge is 0.393 e. The second-order valence-corrected chi connectivity index (χ2v) is 6.90. The van der Waals surface area contributed by atoms with E-state index in [1.807, 2.05) is 0 Å². The molecular formula is C15H29NO. The molecule has 1 saturated carbocycles. The van der Waals surface area contributed by atoms with Crippen LogP contribution in [-0.2, 0) is 0 Å². The Morgan fingerprint density at radius 2 is 1.82 bits per heavy atom. The molecule has 2 rings (SSSR count). The molecule has 0 radical (unpaired) electrons. The van der Waals surface area contributed by atoms with Crippen molar-refractivity contribution in [3.8, 4) is 0 Å². The lowest BCUT2D eigenvalue weighted by molar-refractivity contribution is 0.000559. The Balaban J connectivity index is 1.95. The van der Waals surface area contributed by atoms with Crippen molar-refractivity contribution in [2.75, 3.05) is 13.1 Å². The van der Waals surface area contributed by atoms with Gasteiger partial charge in [0.1, 0.15) is 0 Å². The molecule has 0 aromatic rings. The van der Waals surface area contributed by atoms with Gasteiger partial charge in [-0.15, -0.1) is 0 Å². The lowest BCUT2D eigenvalue weighted by Gasteiger charge is -2.46. The zero-order valence-corrected chi connectivity index (χ0v) is 11.8. The van der Waals surface area contributed by atoms with E-state index in [-0.39, 0.29) is 6.10 Å². The molecule has 1 aliphatic carbocycles. The second kappa shape index (κ2) is 5.27. The van der Waals surface area contributed by atoms with Gasteiger partial charge in [0.25, 0.3) is 0 Å². The van der Waals surface area contributed by atoms with Crippen LogP contribution < -0.4 is 0 Å². The van der Waals surface area contributed by atoms with E-state index in [0.717, 1.165) is 18.8 Å². The number of hydrogen-bond donors (Lipinski definition) is 1. The maximum absolute atomic E-state index is 9.90. The maximum atomic E-state index is 9.90. The van der Waals surface area contributed by atoms with Crippen LogP contribution in [0.3, 0.4) is 0 Å². The molecule has 17 heavy (non-hydrogen) atoms. The van der Waals surface area contributed by atoms with Crippen molar-refractivity contribution in [1.82, 2.24) is 4.90 Å². The average Bonchev–Trinajstić information content (AvgIpc) is 2.29. The quantitative estimate of drug-likeness (QED) is 0.800. The topological polar surface area (TPSA) is 23.5 Å².